The summed E-state index contributed by atoms with van der Waals surface area (Å²) in [7, 11) is 0. The summed E-state index contributed by atoms with van der Waals surface area (Å²) >= 11 is 0. The van der Waals surface area contributed by atoms with Crippen LogP contribution in [0.25, 0.3) is 11.0 Å². The van der Waals surface area contributed by atoms with E-state index in [1.807, 2.05) is 6.07 Å². The molecule has 6 nitrogen and oxygen atoms in total. The van der Waals surface area contributed by atoms with E-state index in [2.05, 4.69) is 42.9 Å². The van der Waals surface area contributed by atoms with Crippen LogP contribution >= 0.6 is 0 Å². The van der Waals surface area contributed by atoms with Gasteiger partial charge in [-0.05, 0) is 30.0 Å². The summed E-state index contributed by atoms with van der Waals surface area (Å²) < 4.78 is 4.89. The molecular weight excluding hydrogens is 268 g/mol. The lowest BCUT2D eigenvalue weighted by molar-refractivity contribution is 0.0996. The summed E-state index contributed by atoms with van der Waals surface area (Å²) in [4.78, 5) is 18.4. The van der Waals surface area contributed by atoms with Crippen molar-refractivity contribution in [3.63, 3.8) is 0 Å². The van der Waals surface area contributed by atoms with Crippen LogP contribution in [0.4, 0.5) is 4.79 Å². The van der Waals surface area contributed by atoms with Crippen LogP contribution in [0.15, 0.2) is 18.2 Å². The van der Waals surface area contributed by atoms with Crippen molar-refractivity contribution in [3.05, 3.63) is 29.6 Å². The van der Waals surface area contributed by atoms with E-state index in [1.54, 1.807) is 6.92 Å². The molecule has 0 saturated carbocycles. The van der Waals surface area contributed by atoms with Crippen LogP contribution in [-0.4, -0.2) is 22.2 Å². The van der Waals surface area contributed by atoms with Crippen molar-refractivity contribution in [1.82, 2.24) is 9.97 Å². The van der Waals surface area contributed by atoms with Gasteiger partial charge in [-0.3, -0.25) is 0 Å². The van der Waals surface area contributed by atoms with Crippen LogP contribution in [-0.2, 0) is 10.2 Å². The molecule has 0 fully saturated rings. The van der Waals surface area contributed by atoms with Crippen LogP contribution < -0.4 is 11.5 Å². The summed E-state index contributed by atoms with van der Waals surface area (Å²) in [6.07, 6.45) is -1.39. The van der Waals surface area contributed by atoms with Crippen molar-refractivity contribution in [3.8, 4) is 0 Å². The van der Waals surface area contributed by atoms with Crippen molar-refractivity contribution in [2.75, 3.05) is 0 Å². The number of hydrogen-bond acceptors (Lipinski definition) is 4. The molecule has 0 aliphatic carbocycles. The lowest BCUT2D eigenvalue weighted by Gasteiger charge is -2.18. The maximum Gasteiger partial charge on any atom is 0.404 e. The third-order valence-corrected chi connectivity index (χ3v) is 3.49. The van der Waals surface area contributed by atoms with Gasteiger partial charge in [0.1, 0.15) is 18.0 Å². The quantitative estimate of drug-likeness (QED) is 0.806. The van der Waals surface area contributed by atoms with Crippen LogP contribution in [0.2, 0.25) is 0 Å². The zero-order chi connectivity index (χ0) is 15.8. The summed E-state index contributed by atoms with van der Waals surface area (Å²) in [5, 5.41) is 0. The molecule has 1 heterocycles. The number of fused-ring (bicyclic) bond motifs is 1. The average Bonchev–Trinajstić information content (AvgIpc) is 2.78. The molecule has 6 heteroatoms. The number of rotatable bonds is 3. The topological polar surface area (TPSA) is 107 Å². The summed E-state index contributed by atoms with van der Waals surface area (Å²) in [5.41, 5.74) is 14.1. The highest BCUT2D eigenvalue weighted by Gasteiger charge is 2.22. The number of primary amides is 1. The van der Waals surface area contributed by atoms with E-state index in [1.165, 1.54) is 5.56 Å². The van der Waals surface area contributed by atoms with Gasteiger partial charge in [-0.1, -0.05) is 26.8 Å². The van der Waals surface area contributed by atoms with Gasteiger partial charge in [-0.2, -0.15) is 0 Å². The van der Waals surface area contributed by atoms with Gasteiger partial charge < -0.3 is 21.2 Å². The fourth-order valence-corrected chi connectivity index (χ4v) is 2.13. The molecule has 2 atom stereocenters. The molecule has 1 aromatic heterocycles. The number of carbonyl (C=O) groups excluding carboxylic acids is 1. The van der Waals surface area contributed by atoms with Crippen molar-refractivity contribution < 1.29 is 9.53 Å². The van der Waals surface area contributed by atoms with Gasteiger partial charge in [0.2, 0.25) is 0 Å². The van der Waals surface area contributed by atoms with Crippen LogP contribution in [0.5, 0.6) is 0 Å². The Balaban J connectivity index is 2.32. The first-order valence-electron chi connectivity index (χ1n) is 6.90. The van der Waals surface area contributed by atoms with Crippen LogP contribution in [0.1, 0.15) is 45.1 Å². The third-order valence-electron chi connectivity index (χ3n) is 3.49. The van der Waals surface area contributed by atoms with Crippen molar-refractivity contribution in [2.45, 2.75) is 45.3 Å². The number of ether oxygens (including phenoxy) is 1. The number of carbonyl (C=O) groups is 1. The Bertz CT molecular complexity index is 657. The minimum absolute atomic E-state index is 0.0595. The molecular formula is C15H22N4O2. The predicted molar refractivity (Wildman–Crippen MR) is 81.9 cm³/mol. The predicted octanol–water partition coefficient (Wildman–Crippen LogP) is 2.34. The van der Waals surface area contributed by atoms with Crippen molar-refractivity contribution >= 4 is 17.1 Å². The Morgan fingerprint density at radius 2 is 2.05 bits per heavy atom. The first-order chi connectivity index (χ1) is 9.68. The standard InChI is InChI=1S/C15H22N4O2/c1-8(21-14(17)20)12(16)13-18-10-6-5-9(15(2,3)4)7-11(10)19-13/h5-8,12H,16H2,1-4H3,(H2,17,20)(H,18,19). The summed E-state index contributed by atoms with van der Waals surface area (Å²) in [6.45, 7) is 8.14. The second-order valence-corrected chi connectivity index (χ2v) is 6.27. The molecule has 0 radical (unpaired) electrons. The number of benzene rings is 1. The first-order valence-corrected chi connectivity index (χ1v) is 6.90. The number of imidazole rings is 1. The average molecular weight is 290 g/mol. The Morgan fingerprint density at radius 1 is 1.38 bits per heavy atom. The monoisotopic (exact) mass is 290 g/mol. The van der Waals surface area contributed by atoms with E-state index in [-0.39, 0.29) is 5.41 Å². The molecule has 1 amide bonds. The zero-order valence-electron chi connectivity index (χ0n) is 12.8. The molecule has 0 bridgehead atoms. The largest absolute Gasteiger partial charge is 0.445 e. The SMILES string of the molecule is CC(OC(N)=O)C(N)c1nc2ccc(C(C)(C)C)cc2[nH]1. The number of H-pyrrole nitrogens is 1. The molecule has 0 spiro atoms. The van der Waals surface area contributed by atoms with E-state index in [4.69, 9.17) is 16.2 Å². The number of hydrogen-bond donors (Lipinski definition) is 3. The number of nitrogens with two attached hydrogens (primary N) is 2. The molecule has 0 aliphatic rings. The van der Waals surface area contributed by atoms with Gasteiger partial charge in [-0.15, -0.1) is 0 Å². The minimum atomic E-state index is -0.843. The molecule has 21 heavy (non-hydrogen) atoms. The second-order valence-electron chi connectivity index (χ2n) is 6.27. The van der Waals surface area contributed by atoms with Gasteiger partial charge in [0.15, 0.2) is 0 Å². The highest BCUT2D eigenvalue weighted by molar-refractivity contribution is 5.76. The van der Waals surface area contributed by atoms with E-state index >= 15 is 0 Å². The van der Waals surface area contributed by atoms with E-state index < -0.39 is 18.2 Å². The van der Waals surface area contributed by atoms with Gasteiger partial charge in [0.25, 0.3) is 0 Å². The zero-order valence-corrected chi connectivity index (χ0v) is 12.8. The van der Waals surface area contributed by atoms with E-state index in [9.17, 15) is 4.79 Å². The van der Waals surface area contributed by atoms with Gasteiger partial charge >= 0.3 is 6.09 Å². The second kappa shape index (κ2) is 5.37. The normalized spacial score (nSPS) is 14.9. The molecule has 2 rings (SSSR count). The van der Waals surface area contributed by atoms with Gasteiger partial charge in [0.05, 0.1) is 11.0 Å². The third kappa shape index (κ3) is 3.33. The van der Waals surface area contributed by atoms with E-state index in [0.29, 0.717) is 5.82 Å². The minimum Gasteiger partial charge on any atom is -0.445 e. The summed E-state index contributed by atoms with van der Waals surface area (Å²) in [5.74, 6) is 0.574. The Labute approximate surface area is 123 Å². The number of aromatic nitrogens is 2. The first kappa shape index (κ1) is 15.3. The molecule has 5 N–H and O–H groups in total. The van der Waals surface area contributed by atoms with E-state index in [0.717, 1.165) is 11.0 Å². The Hall–Kier alpha value is -2.08. The van der Waals surface area contributed by atoms with Crippen molar-refractivity contribution in [1.29, 1.82) is 0 Å². The molecule has 114 valence electrons. The highest BCUT2D eigenvalue weighted by atomic mass is 16.6. The molecule has 2 aromatic rings. The maximum absolute atomic E-state index is 10.8. The number of nitrogens with one attached hydrogen (secondary N) is 1. The molecule has 2 unspecified atom stereocenters. The fraction of sp³-hybridized carbons (Fsp3) is 0.467. The lowest BCUT2D eigenvalue weighted by Crippen LogP contribution is -2.31. The smallest absolute Gasteiger partial charge is 0.404 e. The number of nitrogens with zero attached hydrogens (tertiary/aromatic N) is 1. The summed E-state index contributed by atoms with van der Waals surface area (Å²) in [6, 6.07) is 5.53. The highest BCUT2D eigenvalue weighted by Crippen LogP contribution is 2.26. The van der Waals surface area contributed by atoms with Crippen molar-refractivity contribution in [2.24, 2.45) is 11.5 Å². The van der Waals surface area contributed by atoms with Gasteiger partial charge in [0, 0.05) is 0 Å². The van der Waals surface area contributed by atoms with Crippen LogP contribution in [0.3, 0.4) is 0 Å². The number of aromatic amines is 1. The molecule has 0 saturated heterocycles. The molecule has 0 aliphatic heterocycles. The Kier molecular flexibility index (Phi) is 3.91. The fourth-order valence-electron chi connectivity index (χ4n) is 2.13. The lowest BCUT2D eigenvalue weighted by atomic mass is 9.87. The molecule has 1 aromatic carbocycles. The van der Waals surface area contributed by atoms with Crippen LogP contribution in [0, 0.1) is 0 Å². The maximum atomic E-state index is 10.8. The Morgan fingerprint density at radius 3 is 2.62 bits per heavy atom. The number of amides is 1. The van der Waals surface area contributed by atoms with Gasteiger partial charge in [-0.25, -0.2) is 9.78 Å².